The van der Waals surface area contributed by atoms with Gasteiger partial charge in [-0.05, 0) is 134 Å². The Morgan fingerprint density at radius 3 is 1.95 bits per heavy atom. The molecule has 0 atom stereocenters. The third-order valence-corrected chi connectivity index (χ3v) is 11.8. The maximum Gasteiger partial charge on any atom is 0.349 e. The molecule has 4 heterocycles. The highest BCUT2D eigenvalue weighted by atomic mass is 16.5. The van der Waals surface area contributed by atoms with Gasteiger partial charge < -0.3 is 62.4 Å². The summed E-state index contributed by atoms with van der Waals surface area (Å²) in [6, 6.07) is 29.5. The second-order valence-electron chi connectivity index (χ2n) is 17.7. The van der Waals surface area contributed by atoms with Crippen molar-refractivity contribution in [2.45, 2.75) is 12.8 Å². The molecule has 0 spiro atoms. The Morgan fingerprint density at radius 1 is 0.776 bits per heavy atom. The highest BCUT2D eigenvalue weighted by Gasteiger charge is 2.19. The van der Waals surface area contributed by atoms with Gasteiger partial charge in [0.25, 0.3) is 0 Å². The van der Waals surface area contributed by atoms with Crippen LogP contribution in [0.25, 0.3) is 11.1 Å². The zero-order valence-electron chi connectivity index (χ0n) is 43.4. The van der Waals surface area contributed by atoms with Crippen molar-refractivity contribution in [2.24, 2.45) is 21.5 Å². The van der Waals surface area contributed by atoms with Crippen molar-refractivity contribution in [3.05, 3.63) is 146 Å². The molecular formula is C54H67N17O5. The summed E-state index contributed by atoms with van der Waals surface area (Å²) < 4.78 is 6.39. The number of aromatic nitrogens is 3. The van der Waals surface area contributed by atoms with Crippen molar-refractivity contribution in [1.82, 2.24) is 34.8 Å². The van der Waals surface area contributed by atoms with Crippen LogP contribution in [0.4, 0.5) is 55.6 Å². The van der Waals surface area contributed by atoms with Crippen molar-refractivity contribution < 1.29 is 23.9 Å². The summed E-state index contributed by atoms with van der Waals surface area (Å²) in [7, 11) is 8.20. The molecule has 5 aromatic rings. The number of rotatable bonds is 14. The molecule has 3 aliphatic rings. The minimum absolute atomic E-state index is 0.0373. The van der Waals surface area contributed by atoms with Gasteiger partial charge in [0, 0.05) is 94.2 Å². The number of nitrogen functional groups attached to an aromatic ring is 1. The quantitative estimate of drug-likeness (QED) is 0.0287. The van der Waals surface area contributed by atoms with Gasteiger partial charge in [0.15, 0.2) is 0 Å². The minimum atomic E-state index is -0.531. The maximum absolute atomic E-state index is 12.8. The molecule has 3 aliphatic heterocycles. The predicted octanol–water partition coefficient (Wildman–Crippen LogP) is 6.09. The van der Waals surface area contributed by atoms with Crippen LogP contribution in [0, 0.1) is 0 Å². The highest BCUT2D eigenvalue weighted by molar-refractivity contribution is 6.05. The van der Waals surface area contributed by atoms with Gasteiger partial charge in [0.1, 0.15) is 6.29 Å². The third-order valence-electron chi connectivity index (χ3n) is 11.8. The number of likely N-dealkylation sites (N-methyl/N-ethyl adjacent to an activating group) is 2. The largest absolute Gasteiger partial charge is 0.380 e. The summed E-state index contributed by atoms with van der Waals surface area (Å²) in [5, 5.41) is 15.2. The molecule has 0 aliphatic carbocycles. The molecule has 1 fully saturated rings. The van der Waals surface area contributed by atoms with Gasteiger partial charge in [-0.25, -0.2) is 14.6 Å². The van der Waals surface area contributed by atoms with Crippen molar-refractivity contribution in [1.29, 1.82) is 0 Å². The minimum Gasteiger partial charge on any atom is -0.380 e. The Bertz CT molecular complexity index is 2900. The number of hydrogen-bond donors (Lipinski definition) is 7. The molecular weight excluding hydrogens is 967 g/mol. The fourth-order valence-electron chi connectivity index (χ4n) is 7.77. The van der Waals surface area contributed by atoms with Crippen molar-refractivity contribution in [2.75, 3.05) is 112 Å². The number of allylic oxidation sites excluding steroid dienone is 1. The number of guanidine groups is 2. The third kappa shape index (κ3) is 16.9. The topological polar surface area (TPSA) is 275 Å². The smallest absolute Gasteiger partial charge is 0.349 e. The van der Waals surface area contributed by atoms with Crippen LogP contribution in [0.15, 0.2) is 145 Å². The Morgan fingerprint density at radius 2 is 1.37 bits per heavy atom. The fourth-order valence-corrected chi connectivity index (χ4v) is 7.77. The molecule has 76 heavy (non-hydrogen) atoms. The van der Waals surface area contributed by atoms with Gasteiger partial charge in [0.05, 0.1) is 18.9 Å². The second kappa shape index (κ2) is 27.7. The Labute approximate surface area is 443 Å². The van der Waals surface area contributed by atoms with Crippen LogP contribution < -0.4 is 48.3 Å². The Kier molecular flexibility index (Phi) is 20.4. The number of nitrogens with two attached hydrogens (primary N) is 3. The second-order valence-corrected chi connectivity index (χ2v) is 17.7. The molecule has 1 saturated heterocycles. The van der Waals surface area contributed by atoms with E-state index >= 15 is 0 Å². The number of benzene rings is 4. The van der Waals surface area contributed by atoms with Crippen molar-refractivity contribution >= 4 is 93.3 Å². The average molecular weight is 1030 g/mol. The number of amides is 4. The van der Waals surface area contributed by atoms with E-state index < -0.39 is 12.1 Å². The molecule has 1 aromatic heterocycles. The van der Waals surface area contributed by atoms with E-state index in [1.54, 1.807) is 17.0 Å². The lowest BCUT2D eigenvalue weighted by molar-refractivity contribution is -0.123. The van der Waals surface area contributed by atoms with Gasteiger partial charge in [-0.3, -0.25) is 14.9 Å². The van der Waals surface area contributed by atoms with Gasteiger partial charge in [0.2, 0.25) is 29.7 Å². The van der Waals surface area contributed by atoms with E-state index in [-0.39, 0.29) is 29.7 Å². The Hall–Kier alpha value is -9.28. The molecule has 22 heteroatoms. The van der Waals surface area contributed by atoms with Crippen LogP contribution >= 0.6 is 0 Å². The molecule has 0 bridgehead atoms. The van der Waals surface area contributed by atoms with Crippen LogP contribution in [0.5, 0.6) is 0 Å². The van der Waals surface area contributed by atoms with E-state index in [4.69, 9.17) is 26.7 Å². The fraction of sp³-hybridized carbons (Fsp3) is 0.259. The number of carbonyl (C=O) groups is 4. The first kappa shape index (κ1) is 56.0. The number of hydrogen-bond acceptors (Lipinski definition) is 14. The van der Waals surface area contributed by atoms with Crippen LogP contribution in [0.2, 0.25) is 0 Å². The normalized spacial score (nSPS) is 14.2. The van der Waals surface area contributed by atoms with E-state index in [9.17, 15) is 14.4 Å². The first-order chi connectivity index (χ1) is 36.6. The summed E-state index contributed by atoms with van der Waals surface area (Å²) in [5.41, 5.74) is 26.9. The number of anilines is 7. The predicted molar refractivity (Wildman–Crippen MR) is 304 cm³/mol. The number of morpholine rings is 1. The maximum atomic E-state index is 12.8. The first-order valence-electron chi connectivity index (χ1n) is 24.4. The van der Waals surface area contributed by atoms with Gasteiger partial charge in [-0.2, -0.15) is 9.98 Å². The van der Waals surface area contributed by atoms with Crippen LogP contribution in [0.3, 0.4) is 0 Å². The molecule has 22 nitrogen and oxygen atoms in total. The number of aliphatic imine (C=N–C) groups is 2. The number of carbonyl (C=O) groups excluding carboxylic acids is 4. The van der Waals surface area contributed by atoms with Gasteiger partial charge >= 0.3 is 12.1 Å². The highest BCUT2D eigenvalue weighted by Crippen LogP contribution is 2.28. The van der Waals surface area contributed by atoms with Crippen LogP contribution in [-0.4, -0.2) is 146 Å². The number of urea groups is 1. The van der Waals surface area contributed by atoms with Gasteiger partial charge in [-0.15, -0.1) is 9.78 Å². The number of ether oxygens (including phenoxy) is 1. The number of nitrogens with one attached hydrogen (secondary N) is 4. The summed E-state index contributed by atoms with van der Waals surface area (Å²) in [6.07, 6.45) is 8.87. The average Bonchev–Trinajstić information content (AvgIpc) is 4.19. The molecule has 0 unspecified atom stereocenters. The summed E-state index contributed by atoms with van der Waals surface area (Å²) in [5.74, 6) is -0.155. The zero-order chi connectivity index (χ0) is 54.6. The van der Waals surface area contributed by atoms with E-state index in [0.29, 0.717) is 29.9 Å². The first-order valence-corrected chi connectivity index (χ1v) is 24.4. The van der Waals surface area contributed by atoms with E-state index in [1.807, 2.05) is 112 Å². The van der Waals surface area contributed by atoms with Crippen LogP contribution in [-0.2, 0) is 14.3 Å². The van der Waals surface area contributed by atoms with E-state index in [1.165, 1.54) is 17.7 Å². The van der Waals surface area contributed by atoms with Crippen molar-refractivity contribution in [3.8, 4) is 0 Å². The lowest BCUT2D eigenvalue weighted by Gasteiger charge is -2.28. The van der Waals surface area contributed by atoms with E-state index in [0.717, 1.165) is 97.2 Å². The lowest BCUT2D eigenvalue weighted by Crippen LogP contribution is -2.40. The molecule has 10 N–H and O–H groups in total. The lowest BCUT2D eigenvalue weighted by atomic mass is 10.1. The monoisotopic (exact) mass is 1030 g/mol. The zero-order valence-corrected chi connectivity index (χ0v) is 43.4. The molecule has 4 aromatic carbocycles. The van der Waals surface area contributed by atoms with Crippen molar-refractivity contribution in [3.63, 3.8) is 0 Å². The molecule has 8 rings (SSSR count). The van der Waals surface area contributed by atoms with Crippen LogP contribution in [0.1, 0.15) is 24.0 Å². The van der Waals surface area contributed by atoms with Gasteiger partial charge in [-0.1, -0.05) is 37.4 Å². The number of aldehydes is 1. The van der Waals surface area contributed by atoms with E-state index in [2.05, 4.69) is 87.3 Å². The SMILES string of the molecule is C=CC(=O)N1C=C(c2ccc(NC(=O)n3nc(Nc4ccc(N(C)CCN(C)C)cc4)nc3N)cc2)CC1.C=CC=O.CN1C=C(c2ccc(NC(=O)N/C(N)=N\C(N)=Nc3ccc(N4CCOCC4)cc3)cc2)CC1. The summed E-state index contributed by atoms with van der Waals surface area (Å²) in [6.45, 7) is 13.3. The Balaban J connectivity index is 0.000000232. The summed E-state index contributed by atoms with van der Waals surface area (Å²) >= 11 is 0. The standard InChI is InChI=1S/C27H33N9O2.C24H30N8O2.C3H4O/c1-5-24(37)35-15-14-20(18-35)19-6-8-22(9-7-19)30-27(38)36-25(28)31-26(32-36)29-21-10-12-23(13-11-21)34(4)17-16-33(2)3;1-31-11-10-18(16-31)17-2-4-20(5-3-17)28-24(33)30-23(26)29-22(25)27-19-6-8-21(9-7-19)32-12-14-34-15-13-32;1-2-3-4/h5-13,18H,1,14-17H2,2-4H3,(H,30,38)(H3,28,29,31,32);2-9,16H,10-15H2,1H3,(H6,25,26,27,28,29,30,33);2-3H,1H2. The summed E-state index contributed by atoms with van der Waals surface area (Å²) in [4.78, 5) is 68.6. The molecule has 0 radical (unpaired) electrons. The molecule has 398 valence electrons. The molecule has 0 saturated carbocycles. The molecule has 4 amide bonds. The number of nitrogens with zero attached hydrogens (tertiary/aromatic N) is 10.